The molecule has 1 atom stereocenters. The zero-order valence-corrected chi connectivity index (χ0v) is 8.05. The van der Waals surface area contributed by atoms with Crippen LogP contribution >= 0.6 is 0 Å². The second-order valence-electron chi connectivity index (χ2n) is 3.25. The maximum absolute atomic E-state index is 10.4. The molecule has 0 radical (unpaired) electrons. The van der Waals surface area contributed by atoms with Gasteiger partial charge in [-0.1, -0.05) is 6.07 Å². The third-order valence-corrected chi connectivity index (χ3v) is 2.10. The quantitative estimate of drug-likeness (QED) is 0.575. The number of aromatic hydroxyl groups is 1. The largest absolute Gasteiger partial charge is 0.508 e. The van der Waals surface area contributed by atoms with Gasteiger partial charge in [-0.15, -0.1) is 0 Å². The summed E-state index contributed by atoms with van der Waals surface area (Å²) in [4.78, 5) is 10.4. The maximum Gasteiger partial charge on any atom is 0.305 e. The van der Waals surface area contributed by atoms with Gasteiger partial charge in [-0.2, -0.15) is 0 Å². The average Bonchev–Trinajstić information content (AvgIpc) is 2.17. The van der Waals surface area contributed by atoms with Crippen molar-refractivity contribution in [3.8, 4) is 5.75 Å². The first-order valence-electron chi connectivity index (χ1n) is 4.44. The van der Waals surface area contributed by atoms with Gasteiger partial charge in [-0.25, -0.2) is 0 Å². The van der Waals surface area contributed by atoms with Crippen molar-refractivity contribution in [3.05, 3.63) is 29.3 Å². The first-order valence-corrected chi connectivity index (χ1v) is 4.44. The second-order valence-corrected chi connectivity index (χ2v) is 3.25. The highest BCUT2D eigenvalue weighted by atomic mass is 16.4. The number of hydrogen-bond donors (Lipinski definition) is 4. The van der Waals surface area contributed by atoms with Crippen LogP contribution in [0.1, 0.15) is 23.6 Å². The van der Waals surface area contributed by atoms with E-state index in [1.165, 1.54) is 12.1 Å². The summed E-state index contributed by atoms with van der Waals surface area (Å²) in [6.07, 6.45) is -0.185. The monoisotopic (exact) mass is 211 g/mol. The average molecular weight is 211 g/mol. The van der Waals surface area contributed by atoms with Crippen LogP contribution in [0.15, 0.2) is 18.2 Å². The topological polar surface area (TPSA) is 104 Å². The molecule has 1 aromatic carbocycles. The predicted octanol–water partition coefficient (Wildman–Crippen LogP) is 0.359. The molecule has 15 heavy (non-hydrogen) atoms. The zero-order chi connectivity index (χ0) is 11.4. The van der Waals surface area contributed by atoms with E-state index in [9.17, 15) is 9.90 Å². The van der Waals surface area contributed by atoms with E-state index in [-0.39, 0.29) is 18.8 Å². The van der Waals surface area contributed by atoms with E-state index in [1.807, 2.05) is 0 Å². The summed E-state index contributed by atoms with van der Waals surface area (Å²) in [6, 6.07) is 3.81. The van der Waals surface area contributed by atoms with Gasteiger partial charge in [0.15, 0.2) is 0 Å². The van der Waals surface area contributed by atoms with E-state index < -0.39 is 12.0 Å². The van der Waals surface area contributed by atoms with Crippen molar-refractivity contribution in [3.63, 3.8) is 0 Å². The van der Waals surface area contributed by atoms with E-state index in [4.69, 9.17) is 15.9 Å². The number of aliphatic hydroxyl groups excluding tert-OH is 1. The van der Waals surface area contributed by atoms with E-state index >= 15 is 0 Å². The molecule has 0 bridgehead atoms. The first-order chi connectivity index (χ1) is 7.04. The third-order valence-electron chi connectivity index (χ3n) is 2.10. The van der Waals surface area contributed by atoms with Gasteiger partial charge >= 0.3 is 5.97 Å². The minimum atomic E-state index is -0.985. The highest BCUT2D eigenvalue weighted by Gasteiger charge is 2.12. The SMILES string of the molecule is NC(CC(=O)O)c1ccc(O)c(CO)c1. The fourth-order valence-electron chi connectivity index (χ4n) is 1.27. The van der Waals surface area contributed by atoms with Crippen LogP contribution in [0, 0.1) is 0 Å². The molecular formula is C10H13NO4. The molecule has 1 rings (SSSR count). The number of nitrogens with two attached hydrogens (primary N) is 1. The lowest BCUT2D eigenvalue weighted by Crippen LogP contribution is -2.15. The fraction of sp³-hybridized carbons (Fsp3) is 0.300. The molecule has 1 unspecified atom stereocenters. The number of carbonyl (C=O) groups is 1. The molecule has 0 spiro atoms. The lowest BCUT2D eigenvalue weighted by molar-refractivity contribution is -0.137. The summed E-state index contributed by atoms with van der Waals surface area (Å²) >= 11 is 0. The van der Waals surface area contributed by atoms with Crippen LogP contribution in [0.3, 0.4) is 0 Å². The predicted molar refractivity (Wildman–Crippen MR) is 53.2 cm³/mol. The Kier molecular flexibility index (Phi) is 3.65. The van der Waals surface area contributed by atoms with Crippen LogP contribution in [0.5, 0.6) is 5.75 Å². The number of benzene rings is 1. The Bertz CT molecular complexity index is 364. The highest BCUT2D eigenvalue weighted by Crippen LogP contribution is 2.22. The van der Waals surface area contributed by atoms with Crippen LogP contribution in [0.25, 0.3) is 0 Å². The number of carboxylic acids is 1. The fourth-order valence-corrected chi connectivity index (χ4v) is 1.27. The van der Waals surface area contributed by atoms with Gasteiger partial charge in [0.25, 0.3) is 0 Å². The number of aliphatic hydroxyl groups is 1. The Morgan fingerprint density at radius 2 is 2.13 bits per heavy atom. The number of phenols is 1. The number of carboxylic acid groups (broad SMARTS) is 1. The van der Waals surface area contributed by atoms with Crippen molar-refractivity contribution < 1.29 is 20.1 Å². The molecular weight excluding hydrogens is 198 g/mol. The standard InChI is InChI=1S/C10H13NO4/c11-8(4-10(14)15)6-1-2-9(13)7(3-6)5-12/h1-3,8,12-13H,4-5,11H2,(H,14,15). The van der Waals surface area contributed by atoms with Gasteiger partial charge < -0.3 is 21.1 Å². The third kappa shape index (κ3) is 2.93. The summed E-state index contributed by atoms with van der Waals surface area (Å²) in [5.74, 6) is -1.01. The Morgan fingerprint density at radius 3 is 2.67 bits per heavy atom. The molecule has 0 aliphatic carbocycles. The summed E-state index contributed by atoms with van der Waals surface area (Å²) in [5.41, 5.74) is 6.55. The van der Waals surface area contributed by atoms with Crippen LogP contribution in [-0.2, 0) is 11.4 Å². The van der Waals surface area contributed by atoms with Crippen molar-refractivity contribution in [1.82, 2.24) is 0 Å². The molecule has 0 aliphatic heterocycles. The smallest absolute Gasteiger partial charge is 0.305 e. The van der Waals surface area contributed by atoms with Gasteiger partial charge in [0.2, 0.25) is 0 Å². The van der Waals surface area contributed by atoms with Gasteiger partial charge in [-0.3, -0.25) is 4.79 Å². The van der Waals surface area contributed by atoms with Crippen molar-refractivity contribution in [1.29, 1.82) is 0 Å². The van der Waals surface area contributed by atoms with Gasteiger partial charge in [0.05, 0.1) is 13.0 Å². The minimum absolute atomic E-state index is 0.0243. The van der Waals surface area contributed by atoms with Crippen LogP contribution in [-0.4, -0.2) is 21.3 Å². The van der Waals surface area contributed by atoms with E-state index in [1.54, 1.807) is 6.07 Å². The molecule has 5 N–H and O–H groups in total. The normalized spacial score (nSPS) is 12.4. The Morgan fingerprint density at radius 1 is 1.47 bits per heavy atom. The minimum Gasteiger partial charge on any atom is -0.508 e. The van der Waals surface area contributed by atoms with Crippen LogP contribution < -0.4 is 5.73 Å². The molecule has 0 saturated heterocycles. The molecule has 0 heterocycles. The van der Waals surface area contributed by atoms with Crippen molar-refractivity contribution in [2.75, 3.05) is 0 Å². The molecule has 0 aromatic heterocycles. The van der Waals surface area contributed by atoms with Crippen LogP contribution in [0.2, 0.25) is 0 Å². The summed E-state index contributed by atoms with van der Waals surface area (Å²) in [6.45, 7) is -0.306. The molecule has 0 fully saturated rings. The summed E-state index contributed by atoms with van der Waals surface area (Å²) < 4.78 is 0. The Labute approximate surface area is 86.8 Å². The number of hydrogen-bond acceptors (Lipinski definition) is 4. The molecule has 5 nitrogen and oxygen atoms in total. The first kappa shape index (κ1) is 11.5. The van der Waals surface area contributed by atoms with Crippen molar-refractivity contribution in [2.45, 2.75) is 19.1 Å². The Hall–Kier alpha value is -1.59. The molecule has 0 saturated carbocycles. The van der Waals surface area contributed by atoms with Crippen molar-refractivity contribution >= 4 is 5.97 Å². The van der Waals surface area contributed by atoms with Crippen LogP contribution in [0.4, 0.5) is 0 Å². The summed E-state index contributed by atoms with van der Waals surface area (Å²) in [5, 5.41) is 26.7. The zero-order valence-electron chi connectivity index (χ0n) is 8.05. The van der Waals surface area contributed by atoms with Crippen molar-refractivity contribution in [2.24, 2.45) is 5.73 Å². The molecule has 1 aromatic rings. The maximum atomic E-state index is 10.4. The molecule has 5 heteroatoms. The Balaban J connectivity index is 2.90. The number of rotatable bonds is 4. The van der Waals surface area contributed by atoms with Gasteiger partial charge in [0.1, 0.15) is 5.75 Å². The van der Waals surface area contributed by atoms with E-state index in [2.05, 4.69) is 0 Å². The van der Waals surface area contributed by atoms with E-state index in [0.29, 0.717) is 11.1 Å². The summed E-state index contributed by atoms with van der Waals surface area (Å²) in [7, 11) is 0. The highest BCUT2D eigenvalue weighted by molar-refractivity contribution is 5.67. The van der Waals surface area contributed by atoms with Gasteiger partial charge in [0, 0.05) is 11.6 Å². The molecule has 82 valence electrons. The second kappa shape index (κ2) is 4.77. The molecule has 0 aliphatic rings. The lowest BCUT2D eigenvalue weighted by atomic mass is 10.0. The number of aliphatic carboxylic acids is 1. The van der Waals surface area contributed by atoms with Gasteiger partial charge in [-0.05, 0) is 17.7 Å². The molecule has 0 amide bonds. The van der Waals surface area contributed by atoms with E-state index in [0.717, 1.165) is 0 Å². The lowest BCUT2D eigenvalue weighted by Gasteiger charge is -2.11.